The van der Waals surface area contributed by atoms with Crippen molar-refractivity contribution in [1.82, 2.24) is 19.9 Å². The maximum atomic E-state index is 12.4. The third-order valence-electron chi connectivity index (χ3n) is 5.79. The molecular weight excluding hydrogens is 535 g/mol. The van der Waals surface area contributed by atoms with Crippen molar-refractivity contribution in [2.75, 3.05) is 13.1 Å². The van der Waals surface area contributed by atoms with Gasteiger partial charge in [-0.05, 0) is 20.8 Å². The van der Waals surface area contributed by atoms with E-state index in [1.165, 1.54) is 30.6 Å². The number of amides is 1. The molecule has 1 amide bonds. The zero-order valence-electron chi connectivity index (χ0n) is 21.3. The second kappa shape index (κ2) is 11.0. The average molecular weight is 569 g/mol. The Bertz CT molecular complexity index is 1150. The van der Waals surface area contributed by atoms with Crippen LogP contribution in [0.1, 0.15) is 63.4 Å². The number of nitrogens with zero attached hydrogens (tertiary/aromatic N) is 4. The third-order valence-corrected chi connectivity index (χ3v) is 7.51. The van der Waals surface area contributed by atoms with E-state index in [1.54, 1.807) is 11.1 Å². The number of aryl methyl sites for hydroxylation is 1. The molecule has 1 saturated carbocycles. The fourth-order valence-electron chi connectivity index (χ4n) is 3.76. The average Bonchev–Trinajstić information content (AvgIpc) is 3.63. The Morgan fingerprint density at radius 1 is 1.14 bits per heavy atom. The minimum atomic E-state index is -1.11. The number of carbonyl (C=O) groups is 1. The number of aliphatic hydroxyl groups is 1. The van der Waals surface area contributed by atoms with Gasteiger partial charge in [-0.2, -0.15) is 0 Å². The summed E-state index contributed by atoms with van der Waals surface area (Å²) < 4.78 is 6.11. The van der Waals surface area contributed by atoms with E-state index < -0.39 is 11.2 Å². The number of piperidine rings is 1. The van der Waals surface area contributed by atoms with Crippen LogP contribution in [-0.2, 0) is 10.3 Å². The molecule has 2 radical (unpaired) electrons. The van der Waals surface area contributed by atoms with Crippen LogP contribution in [0.4, 0.5) is 4.79 Å². The molecule has 1 saturated heterocycles. The van der Waals surface area contributed by atoms with Gasteiger partial charge in [0.25, 0.3) is 0 Å². The first-order chi connectivity index (χ1) is 17.0. The van der Waals surface area contributed by atoms with Crippen molar-refractivity contribution in [3.8, 4) is 21.8 Å². The second-order valence-electron chi connectivity index (χ2n) is 10.4. The van der Waals surface area contributed by atoms with E-state index in [0.717, 1.165) is 27.4 Å². The molecule has 2 aliphatic rings. The van der Waals surface area contributed by atoms with E-state index in [4.69, 9.17) is 9.72 Å². The van der Waals surface area contributed by atoms with E-state index in [2.05, 4.69) is 32.9 Å². The molecule has 36 heavy (non-hydrogen) atoms. The number of carbonyl (C=O) groups excluding carboxylic acids is 1. The number of hydrogen-bond donors (Lipinski definition) is 1. The SMILES string of the molecule is C1CC1.Cc1cccc(-c2nc(C3(O)CCN(C(=O)OC(C)(C)C)CC3)sc2-c2ccnc([As])n2)c1. The molecule has 7 nitrogen and oxygen atoms in total. The summed E-state index contributed by atoms with van der Waals surface area (Å²) in [5.41, 5.74) is 2.02. The van der Waals surface area contributed by atoms with Crippen LogP contribution in [0.5, 0.6) is 0 Å². The van der Waals surface area contributed by atoms with Gasteiger partial charge in [-0.1, -0.05) is 19.3 Å². The Morgan fingerprint density at radius 2 is 1.83 bits per heavy atom. The quantitative estimate of drug-likeness (QED) is 0.459. The molecule has 190 valence electrons. The van der Waals surface area contributed by atoms with E-state index in [1.807, 2.05) is 52.0 Å². The van der Waals surface area contributed by atoms with E-state index in [-0.39, 0.29) is 6.09 Å². The van der Waals surface area contributed by atoms with Crippen LogP contribution < -0.4 is 4.61 Å². The first-order valence-corrected chi connectivity index (χ1v) is 14.1. The van der Waals surface area contributed by atoms with Gasteiger partial charge in [0.2, 0.25) is 0 Å². The summed E-state index contributed by atoms with van der Waals surface area (Å²) >= 11 is 3.81. The molecule has 0 atom stereocenters. The number of thiazole rings is 1. The van der Waals surface area contributed by atoms with Crippen molar-refractivity contribution in [2.24, 2.45) is 0 Å². The summed E-state index contributed by atoms with van der Waals surface area (Å²) in [5, 5.41) is 12.2. The second-order valence-corrected chi connectivity index (χ2v) is 12.2. The van der Waals surface area contributed by atoms with Crippen LogP contribution >= 0.6 is 11.3 Å². The fourth-order valence-corrected chi connectivity index (χ4v) is 5.32. The molecule has 2 aromatic heterocycles. The van der Waals surface area contributed by atoms with Crippen molar-refractivity contribution in [1.29, 1.82) is 0 Å². The summed E-state index contributed by atoms with van der Waals surface area (Å²) in [6.45, 7) is 8.41. The molecule has 1 N–H and O–H groups in total. The van der Waals surface area contributed by atoms with Crippen molar-refractivity contribution in [3.05, 3.63) is 47.1 Å². The van der Waals surface area contributed by atoms with Crippen LogP contribution in [0.3, 0.4) is 0 Å². The van der Waals surface area contributed by atoms with E-state index in [9.17, 15) is 9.90 Å². The maximum absolute atomic E-state index is 12.4. The summed E-state index contributed by atoms with van der Waals surface area (Å²) in [4.78, 5) is 28.7. The van der Waals surface area contributed by atoms with Crippen molar-refractivity contribution < 1.29 is 14.6 Å². The van der Waals surface area contributed by atoms with Gasteiger partial charge in [-0.25, -0.2) is 0 Å². The van der Waals surface area contributed by atoms with Crippen molar-refractivity contribution in [2.45, 2.75) is 71.0 Å². The molecule has 1 aliphatic heterocycles. The topological polar surface area (TPSA) is 88.4 Å². The van der Waals surface area contributed by atoms with E-state index in [0.29, 0.717) is 35.6 Å². The molecule has 2 fully saturated rings. The first-order valence-electron chi connectivity index (χ1n) is 12.4. The Kier molecular flexibility index (Phi) is 8.18. The first kappa shape index (κ1) is 26.8. The fraction of sp³-hybridized carbons (Fsp3) is 0.481. The summed E-state index contributed by atoms with van der Waals surface area (Å²) in [6, 6.07) is 10.0. The standard InChI is InChI=1S/C24H27AsN4O3S.C3H6/c1-15-6-5-7-16(14-15)18-19(17-8-11-26-21(25)27-17)33-20(28-18)24(31)9-12-29(13-10-24)22(30)32-23(2,3)4;1-2-3-1/h5-8,11,14,31H,9-10,12-13H2,1-4H3;1-3H2. The Morgan fingerprint density at radius 3 is 2.42 bits per heavy atom. The molecule has 1 aliphatic carbocycles. The van der Waals surface area contributed by atoms with Crippen molar-refractivity contribution in [3.63, 3.8) is 0 Å². The zero-order chi connectivity index (χ0) is 25.9. The monoisotopic (exact) mass is 568 g/mol. The predicted molar refractivity (Wildman–Crippen MR) is 143 cm³/mol. The molecule has 0 unspecified atom stereocenters. The molecule has 3 heterocycles. The van der Waals surface area contributed by atoms with Crippen LogP contribution in [-0.4, -0.2) is 66.6 Å². The zero-order valence-corrected chi connectivity index (χ0v) is 24.0. The van der Waals surface area contributed by atoms with Gasteiger partial charge >= 0.3 is 181 Å². The Labute approximate surface area is 225 Å². The molecule has 9 heteroatoms. The number of likely N-dealkylation sites (tertiary alicyclic amines) is 1. The van der Waals surface area contributed by atoms with Crippen LogP contribution in [0, 0.1) is 6.92 Å². The van der Waals surface area contributed by atoms with Gasteiger partial charge in [0.15, 0.2) is 0 Å². The normalized spacial score (nSPS) is 16.7. The summed E-state index contributed by atoms with van der Waals surface area (Å²) in [6.07, 6.45) is 6.67. The number of hydrogen-bond acceptors (Lipinski definition) is 7. The van der Waals surface area contributed by atoms with Gasteiger partial charge in [-0.15, -0.1) is 0 Å². The Hall–Kier alpha value is -2.28. The number of benzene rings is 1. The summed E-state index contributed by atoms with van der Waals surface area (Å²) in [5.74, 6) is 0. The number of rotatable bonds is 3. The third kappa shape index (κ3) is 6.93. The minimum absolute atomic E-state index is 0.348. The number of ether oxygens (including phenoxy) is 1. The predicted octanol–water partition coefficient (Wildman–Crippen LogP) is 4.76. The molecular formula is C27H33AsN4O3S. The van der Waals surface area contributed by atoms with Gasteiger partial charge in [0.1, 0.15) is 5.60 Å². The van der Waals surface area contributed by atoms with Crippen LogP contribution in [0.25, 0.3) is 21.8 Å². The van der Waals surface area contributed by atoms with Gasteiger partial charge < -0.3 is 0 Å². The number of aromatic nitrogens is 3. The van der Waals surface area contributed by atoms with Gasteiger partial charge in [-0.3, -0.25) is 0 Å². The van der Waals surface area contributed by atoms with Crippen LogP contribution in [0.2, 0.25) is 0 Å². The molecule has 0 spiro atoms. The Balaban J connectivity index is 0.000000943. The summed E-state index contributed by atoms with van der Waals surface area (Å²) in [7, 11) is 0. The van der Waals surface area contributed by atoms with Crippen molar-refractivity contribution >= 4 is 38.9 Å². The molecule has 3 aromatic rings. The van der Waals surface area contributed by atoms with Gasteiger partial charge in [0.05, 0.1) is 0 Å². The molecule has 5 rings (SSSR count). The van der Waals surface area contributed by atoms with E-state index >= 15 is 0 Å². The molecule has 1 aromatic carbocycles. The van der Waals surface area contributed by atoms with Crippen LogP contribution in [0.15, 0.2) is 36.5 Å². The molecule has 0 bridgehead atoms. The van der Waals surface area contributed by atoms with Gasteiger partial charge in [0, 0.05) is 0 Å².